The molecular weight excluding hydrogens is 450 g/mol. The maximum Gasteiger partial charge on any atom is 0.339 e. The van der Waals surface area contributed by atoms with E-state index in [0.717, 1.165) is 10.2 Å². The zero-order valence-electron chi connectivity index (χ0n) is 17.4. The van der Waals surface area contributed by atoms with Crippen LogP contribution in [0.1, 0.15) is 5.56 Å². The molecule has 0 bridgehead atoms. The van der Waals surface area contributed by atoms with Gasteiger partial charge in [0.25, 0.3) is 0 Å². The number of fused-ring (bicyclic) bond motifs is 3. The highest BCUT2D eigenvalue weighted by Gasteiger charge is 2.14. The van der Waals surface area contributed by atoms with Gasteiger partial charge in [-0.1, -0.05) is 35.6 Å². The molecule has 3 heterocycles. The van der Waals surface area contributed by atoms with E-state index in [1.54, 1.807) is 30.3 Å². The number of ether oxygens (including phenoxy) is 1. The lowest BCUT2D eigenvalue weighted by Gasteiger charge is -2.11. The Balaban J connectivity index is 1.44. The van der Waals surface area contributed by atoms with Crippen molar-refractivity contribution >= 4 is 54.5 Å². The first-order valence-electron chi connectivity index (χ1n) is 10.2. The second-order valence-corrected chi connectivity index (χ2v) is 8.37. The molecule has 0 aliphatic rings. The molecule has 0 fully saturated rings. The van der Waals surface area contributed by atoms with Crippen molar-refractivity contribution in [3.63, 3.8) is 0 Å². The summed E-state index contributed by atoms with van der Waals surface area (Å²) in [4.78, 5) is 25.8. The zero-order valence-corrected chi connectivity index (χ0v) is 18.2. The van der Waals surface area contributed by atoms with Crippen LogP contribution in [0.25, 0.3) is 32.1 Å². The predicted octanol–water partition coefficient (Wildman–Crippen LogP) is 5.75. The first-order chi connectivity index (χ1) is 16.7. The SMILES string of the molecule is N#Cc1ccc2nc(Nc3nc(Oc4cc(=O)oc5ccccc45)c4ccccc4n3)sc2c1. The Kier molecular flexibility index (Phi) is 4.64. The fourth-order valence-corrected chi connectivity index (χ4v) is 4.49. The molecule has 0 saturated carbocycles. The van der Waals surface area contributed by atoms with Crippen molar-refractivity contribution in [2.24, 2.45) is 0 Å². The summed E-state index contributed by atoms with van der Waals surface area (Å²) < 4.78 is 12.3. The summed E-state index contributed by atoms with van der Waals surface area (Å²) in [6.07, 6.45) is 0. The standard InChI is InChI=1S/C25H13N5O3S/c26-13-14-9-10-18-21(11-14)34-25(28-18)30-24-27-17-7-3-1-5-15(17)23(29-24)33-20-12-22(31)32-19-8-4-2-6-16(19)20/h1-12H,(H,27,28,29,30). The van der Waals surface area contributed by atoms with Gasteiger partial charge >= 0.3 is 5.63 Å². The fraction of sp³-hybridized carbons (Fsp3) is 0. The Bertz CT molecular complexity index is 1820. The van der Waals surface area contributed by atoms with Crippen LogP contribution in [0.15, 0.2) is 82.0 Å². The van der Waals surface area contributed by atoms with Gasteiger partial charge in [0.15, 0.2) is 5.13 Å². The molecule has 1 N–H and O–H groups in total. The van der Waals surface area contributed by atoms with Crippen molar-refractivity contribution in [3.05, 3.63) is 88.8 Å². The van der Waals surface area contributed by atoms with E-state index in [4.69, 9.17) is 14.4 Å². The van der Waals surface area contributed by atoms with E-state index in [0.29, 0.717) is 44.3 Å². The summed E-state index contributed by atoms with van der Waals surface area (Å²) >= 11 is 1.39. The molecule has 8 nitrogen and oxygen atoms in total. The number of nitriles is 1. The number of hydrogen-bond acceptors (Lipinski definition) is 9. The van der Waals surface area contributed by atoms with Crippen LogP contribution in [0, 0.1) is 11.3 Å². The smallest absolute Gasteiger partial charge is 0.339 e. The highest BCUT2D eigenvalue weighted by molar-refractivity contribution is 7.22. The molecule has 0 spiro atoms. The van der Waals surface area contributed by atoms with Gasteiger partial charge in [0, 0.05) is 0 Å². The second-order valence-electron chi connectivity index (χ2n) is 7.34. The first-order valence-corrected chi connectivity index (χ1v) is 11.0. The molecule has 0 aliphatic heterocycles. The third kappa shape index (κ3) is 3.58. The number of nitrogens with one attached hydrogen (secondary N) is 1. The Morgan fingerprint density at radius 3 is 2.62 bits per heavy atom. The molecule has 6 aromatic rings. The lowest BCUT2D eigenvalue weighted by Crippen LogP contribution is -2.02. The van der Waals surface area contributed by atoms with E-state index in [1.165, 1.54) is 17.4 Å². The highest BCUT2D eigenvalue weighted by Crippen LogP contribution is 2.34. The molecule has 0 aliphatic carbocycles. The number of aromatic nitrogens is 3. The van der Waals surface area contributed by atoms with Gasteiger partial charge in [-0.05, 0) is 42.5 Å². The molecule has 6 rings (SSSR count). The second kappa shape index (κ2) is 7.95. The van der Waals surface area contributed by atoms with Crippen molar-refractivity contribution in [3.8, 4) is 17.7 Å². The molecule has 9 heteroatoms. The zero-order chi connectivity index (χ0) is 23.1. The van der Waals surface area contributed by atoms with Crippen LogP contribution in [0.2, 0.25) is 0 Å². The Morgan fingerprint density at radius 2 is 1.74 bits per heavy atom. The molecule has 3 aromatic heterocycles. The van der Waals surface area contributed by atoms with Gasteiger partial charge in [0.05, 0.1) is 44.2 Å². The summed E-state index contributed by atoms with van der Waals surface area (Å²) in [6, 6.07) is 23.3. The fourth-order valence-electron chi connectivity index (χ4n) is 3.59. The maximum atomic E-state index is 12.1. The summed E-state index contributed by atoms with van der Waals surface area (Å²) in [6.45, 7) is 0. The summed E-state index contributed by atoms with van der Waals surface area (Å²) in [5.74, 6) is 0.919. The molecule has 0 saturated heterocycles. The minimum Gasteiger partial charge on any atom is -0.437 e. The molecule has 0 amide bonds. The highest BCUT2D eigenvalue weighted by atomic mass is 32.1. The lowest BCUT2D eigenvalue weighted by atomic mass is 10.2. The minimum absolute atomic E-state index is 0.289. The Hall–Kier alpha value is -4.81. The van der Waals surface area contributed by atoms with Crippen LogP contribution >= 0.6 is 11.3 Å². The quantitative estimate of drug-likeness (QED) is 0.329. The van der Waals surface area contributed by atoms with E-state index < -0.39 is 5.63 Å². The number of para-hydroxylation sites is 2. The summed E-state index contributed by atoms with van der Waals surface area (Å²) in [5.41, 5.74) is 1.91. The van der Waals surface area contributed by atoms with Crippen molar-refractivity contribution in [2.45, 2.75) is 0 Å². The molecular formula is C25H13N5O3S. The molecule has 0 atom stereocenters. The normalized spacial score (nSPS) is 11.0. The summed E-state index contributed by atoms with van der Waals surface area (Å²) in [7, 11) is 0. The molecule has 34 heavy (non-hydrogen) atoms. The van der Waals surface area contributed by atoms with Crippen LogP contribution in [0.3, 0.4) is 0 Å². The van der Waals surface area contributed by atoms with Crippen LogP contribution in [-0.2, 0) is 0 Å². The number of anilines is 2. The van der Waals surface area contributed by atoms with Crippen molar-refractivity contribution < 1.29 is 9.15 Å². The number of benzene rings is 3. The van der Waals surface area contributed by atoms with Crippen LogP contribution in [0.5, 0.6) is 11.6 Å². The predicted molar refractivity (Wildman–Crippen MR) is 130 cm³/mol. The van der Waals surface area contributed by atoms with Gasteiger partial charge in [0.2, 0.25) is 11.8 Å². The first kappa shape index (κ1) is 19.8. The van der Waals surface area contributed by atoms with E-state index >= 15 is 0 Å². The largest absolute Gasteiger partial charge is 0.437 e. The number of nitrogens with zero attached hydrogens (tertiary/aromatic N) is 4. The summed E-state index contributed by atoms with van der Waals surface area (Å²) in [5, 5.41) is 14.2. The third-order valence-electron chi connectivity index (χ3n) is 5.12. The van der Waals surface area contributed by atoms with Crippen LogP contribution < -0.4 is 15.7 Å². The number of hydrogen-bond donors (Lipinski definition) is 1. The van der Waals surface area contributed by atoms with Crippen molar-refractivity contribution in [1.82, 2.24) is 15.0 Å². The molecule has 0 unspecified atom stereocenters. The maximum absolute atomic E-state index is 12.1. The topological polar surface area (TPSA) is 114 Å². The van der Waals surface area contributed by atoms with E-state index in [1.807, 2.05) is 36.4 Å². The molecule has 3 aromatic carbocycles. The van der Waals surface area contributed by atoms with Crippen LogP contribution in [0.4, 0.5) is 11.1 Å². The number of thiazole rings is 1. The number of rotatable bonds is 4. The van der Waals surface area contributed by atoms with Gasteiger partial charge in [0.1, 0.15) is 11.3 Å². The lowest BCUT2D eigenvalue weighted by molar-refractivity contribution is 0.463. The van der Waals surface area contributed by atoms with Crippen molar-refractivity contribution in [1.29, 1.82) is 5.26 Å². The van der Waals surface area contributed by atoms with Gasteiger partial charge in [-0.3, -0.25) is 5.32 Å². The Morgan fingerprint density at radius 1 is 0.912 bits per heavy atom. The van der Waals surface area contributed by atoms with Gasteiger partial charge < -0.3 is 9.15 Å². The third-order valence-corrected chi connectivity index (χ3v) is 6.06. The average molecular weight is 463 g/mol. The minimum atomic E-state index is -0.517. The molecule has 0 radical (unpaired) electrons. The van der Waals surface area contributed by atoms with Gasteiger partial charge in [-0.25, -0.2) is 14.8 Å². The Labute approximate surface area is 195 Å². The monoisotopic (exact) mass is 463 g/mol. The van der Waals surface area contributed by atoms with Gasteiger partial charge in [-0.2, -0.15) is 10.2 Å². The van der Waals surface area contributed by atoms with Crippen LogP contribution in [-0.4, -0.2) is 15.0 Å². The molecule has 162 valence electrons. The van der Waals surface area contributed by atoms with Crippen molar-refractivity contribution in [2.75, 3.05) is 5.32 Å². The van der Waals surface area contributed by atoms with E-state index in [2.05, 4.69) is 26.3 Å². The van der Waals surface area contributed by atoms with E-state index in [-0.39, 0.29) is 5.88 Å². The average Bonchev–Trinajstić information content (AvgIpc) is 3.25. The van der Waals surface area contributed by atoms with Gasteiger partial charge in [-0.15, -0.1) is 0 Å². The van der Waals surface area contributed by atoms with E-state index in [9.17, 15) is 4.79 Å².